The van der Waals surface area contributed by atoms with E-state index < -0.39 is 6.17 Å². The number of carbonyl (C=O) groups is 1. The number of rotatable bonds is 5. The number of methoxy groups -OCH3 is 2. The summed E-state index contributed by atoms with van der Waals surface area (Å²) in [6.07, 6.45) is -0.915. The van der Waals surface area contributed by atoms with Crippen LogP contribution in [0.25, 0.3) is 0 Å². The van der Waals surface area contributed by atoms with Crippen molar-refractivity contribution in [2.24, 2.45) is 4.99 Å². The van der Waals surface area contributed by atoms with Crippen molar-refractivity contribution in [1.82, 2.24) is 5.32 Å². The molecule has 1 aliphatic heterocycles. The van der Waals surface area contributed by atoms with Gasteiger partial charge in [0.25, 0.3) is 5.91 Å². The van der Waals surface area contributed by atoms with Gasteiger partial charge in [0.2, 0.25) is 6.17 Å². The van der Waals surface area contributed by atoms with Crippen LogP contribution >= 0.6 is 12.2 Å². The number of hydrogen-bond donors (Lipinski definition) is 2. The maximum absolute atomic E-state index is 13.3. The molecule has 0 bridgehead atoms. The van der Waals surface area contributed by atoms with Gasteiger partial charge in [-0.25, -0.2) is 4.99 Å². The second-order valence-corrected chi connectivity index (χ2v) is 7.73. The molecule has 33 heavy (non-hydrogen) atoms. The lowest BCUT2D eigenvalue weighted by atomic mass is 10.0. The van der Waals surface area contributed by atoms with E-state index in [1.807, 2.05) is 54.6 Å². The summed E-state index contributed by atoms with van der Waals surface area (Å²) in [5.74, 6) is 0.995. The summed E-state index contributed by atoms with van der Waals surface area (Å²) in [5, 5.41) is 6.39. The SMILES string of the molecule is COc1ccc(NC(=S)NC2N=C(c3ccccc3)c3ccccc3N(C)C2=O)c(OC)c1. The first kappa shape index (κ1) is 22.3. The van der Waals surface area contributed by atoms with Crippen molar-refractivity contribution in [3.63, 3.8) is 0 Å². The van der Waals surface area contributed by atoms with E-state index in [2.05, 4.69) is 10.6 Å². The van der Waals surface area contributed by atoms with E-state index >= 15 is 0 Å². The second-order valence-electron chi connectivity index (χ2n) is 7.33. The molecule has 0 saturated heterocycles. The number of fused-ring (bicyclic) bond motifs is 1. The lowest BCUT2D eigenvalue weighted by Crippen LogP contribution is -2.47. The van der Waals surface area contributed by atoms with Gasteiger partial charge in [0.1, 0.15) is 11.5 Å². The average molecular weight is 461 g/mol. The molecule has 7 nitrogen and oxygen atoms in total. The summed E-state index contributed by atoms with van der Waals surface area (Å²) in [5.41, 5.74) is 3.92. The molecule has 4 rings (SSSR count). The van der Waals surface area contributed by atoms with Gasteiger partial charge in [-0.15, -0.1) is 0 Å². The number of likely N-dealkylation sites (N-methyl/N-ethyl adjacent to an activating group) is 1. The lowest BCUT2D eigenvalue weighted by molar-refractivity contribution is -0.119. The third kappa shape index (κ3) is 4.65. The van der Waals surface area contributed by atoms with Crippen LogP contribution in [0.1, 0.15) is 11.1 Å². The van der Waals surface area contributed by atoms with Gasteiger partial charge in [0.05, 0.1) is 31.3 Å². The fraction of sp³-hybridized carbons (Fsp3) is 0.160. The zero-order valence-corrected chi connectivity index (χ0v) is 19.3. The largest absolute Gasteiger partial charge is 0.497 e. The Labute approximate surface area is 198 Å². The number of carbonyl (C=O) groups excluding carboxylic acids is 1. The summed E-state index contributed by atoms with van der Waals surface area (Å²) in [7, 11) is 4.89. The van der Waals surface area contributed by atoms with E-state index in [0.29, 0.717) is 22.9 Å². The van der Waals surface area contributed by atoms with Gasteiger partial charge in [-0.05, 0) is 30.4 Å². The quantitative estimate of drug-likeness (QED) is 0.564. The predicted molar refractivity (Wildman–Crippen MR) is 135 cm³/mol. The molecule has 2 N–H and O–H groups in total. The maximum atomic E-state index is 13.3. The highest BCUT2D eigenvalue weighted by Crippen LogP contribution is 2.30. The van der Waals surface area contributed by atoms with Gasteiger partial charge in [-0.2, -0.15) is 0 Å². The molecule has 0 fully saturated rings. The van der Waals surface area contributed by atoms with Crippen LogP contribution in [0.4, 0.5) is 11.4 Å². The number of benzene rings is 3. The van der Waals surface area contributed by atoms with E-state index in [0.717, 1.165) is 16.8 Å². The third-order valence-corrected chi connectivity index (χ3v) is 5.54. The Hall–Kier alpha value is -3.91. The van der Waals surface area contributed by atoms with E-state index in [9.17, 15) is 4.79 Å². The Bertz CT molecular complexity index is 1210. The Morgan fingerprint density at radius 3 is 2.45 bits per heavy atom. The molecule has 0 aliphatic carbocycles. The molecule has 0 spiro atoms. The molecule has 0 aromatic heterocycles. The van der Waals surface area contributed by atoms with Crippen LogP contribution in [0.2, 0.25) is 0 Å². The van der Waals surface area contributed by atoms with Crippen molar-refractivity contribution in [2.75, 3.05) is 31.5 Å². The molecule has 1 unspecified atom stereocenters. The van der Waals surface area contributed by atoms with Gasteiger partial charge in [-0.1, -0.05) is 48.5 Å². The van der Waals surface area contributed by atoms with Crippen molar-refractivity contribution >= 4 is 40.3 Å². The fourth-order valence-electron chi connectivity index (χ4n) is 3.63. The molecule has 0 saturated carbocycles. The molecule has 1 heterocycles. The first-order chi connectivity index (χ1) is 16.0. The monoisotopic (exact) mass is 460 g/mol. The minimum atomic E-state index is -0.915. The van der Waals surface area contributed by atoms with E-state index in [-0.39, 0.29) is 11.0 Å². The standard InChI is InChI=1S/C25H24N4O3S/c1-29-20-12-8-7-11-18(20)22(16-9-5-4-6-10-16)27-23(24(29)30)28-25(33)26-19-14-13-17(31-2)15-21(19)32-3/h4-15,23H,1-3H3,(H2,26,28,33). The first-order valence-corrected chi connectivity index (χ1v) is 10.7. The molecule has 1 aliphatic rings. The van der Waals surface area contributed by atoms with Crippen LogP contribution in [0.5, 0.6) is 11.5 Å². The smallest absolute Gasteiger partial charge is 0.272 e. The summed E-state index contributed by atoms with van der Waals surface area (Å²) >= 11 is 5.51. The van der Waals surface area contributed by atoms with Crippen LogP contribution in [-0.2, 0) is 4.79 Å². The van der Waals surface area contributed by atoms with Gasteiger partial charge in [0, 0.05) is 24.2 Å². The van der Waals surface area contributed by atoms with Crippen molar-refractivity contribution in [2.45, 2.75) is 6.17 Å². The summed E-state index contributed by atoms with van der Waals surface area (Å²) in [6, 6.07) is 22.8. The molecule has 3 aromatic carbocycles. The number of anilines is 2. The molecular weight excluding hydrogens is 436 g/mol. The molecule has 3 aromatic rings. The van der Waals surface area contributed by atoms with Gasteiger partial charge in [0.15, 0.2) is 5.11 Å². The Morgan fingerprint density at radius 1 is 1.00 bits per heavy atom. The normalized spacial score (nSPS) is 15.1. The van der Waals surface area contributed by atoms with Gasteiger partial charge >= 0.3 is 0 Å². The number of hydrogen-bond acceptors (Lipinski definition) is 5. The van der Waals surface area contributed by atoms with Crippen molar-refractivity contribution in [3.05, 3.63) is 83.9 Å². The molecule has 8 heteroatoms. The highest BCUT2D eigenvalue weighted by atomic mass is 32.1. The van der Waals surface area contributed by atoms with Crippen molar-refractivity contribution in [1.29, 1.82) is 0 Å². The predicted octanol–water partition coefficient (Wildman–Crippen LogP) is 3.83. The Kier molecular flexibility index (Phi) is 6.55. The Morgan fingerprint density at radius 2 is 1.73 bits per heavy atom. The number of amides is 1. The van der Waals surface area contributed by atoms with Crippen LogP contribution in [0.15, 0.2) is 77.8 Å². The minimum absolute atomic E-state index is 0.223. The van der Waals surface area contributed by atoms with E-state index in [4.69, 9.17) is 26.7 Å². The van der Waals surface area contributed by atoms with E-state index in [1.165, 1.54) is 0 Å². The van der Waals surface area contributed by atoms with Crippen LogP contribution in [0.3, 0.4) is 0 Å². The number of thiocarbonyl (C=S) groups is 1. The molecular formula is C25H24N4O3S. The van der Waals surface area contributed by atoms with Crippen molar-refractivity contribution < 1.29 is 14.3 Å². The number of aliphatic imine (C=N–C) groups is 1. The first-order valence-electron chi connectivity index (χ1n) is 10.3. The highest BCUT2D eigenvalue weighted by molar-refractivity contribution is 7.80. The zero-order valence-electron chi connectivity index (χ0n) is 18.5. The molecule has 168 valence electrons. The van der Waals surface area contributed by atoms with Gasteiger partial charge in [-0.3, -0.25) is 4.79 Å². The van der Waals surface area contributed by atoms with Crippen LogP contribution in [-0.4, -0.2) is 44.2 Å². The summed E-state index contributed by atoms with van der Waals surface area (Å²) < 4.78 is 10.7. The number of nitrogens with zero attached hydrogens (tertiary/aromatic N) is 2. The number of benzodiazepines with no additional fused rings is 1. The number of nitrogens with one attached hydrogen (secondary N) is 2. The molecule has 1 amide bonds. The second kappa shape index (κ2) is 9.70. The number of para-hydroxylation sites is 1. The Balaban J connectivity index is 1.66. The van der Waals surface area contributed by atoms with Crippen LogP contribution in [0, 0.1) is 0 Å². The molecule has 1 atom stereocenters. The maximum Gasteiger partial charge on any atom is 0.272 e. The molecule has 0 radical (unpaired) electrons. The summed E-state index contributed by atoms with van der Waals surface area (Å²) in [4.78, 5) is 19.7. The minimum Gasteiger partial charge on any atom is -0.497 e. The summed E-state index contributed by atoms with van der Waals surface area (Å²) in [6.45, 7) is 0. The lowest BCUT2D eigenvalue weighted by Gasteiger charge is -2.22. The van der Waals surface area contributed by atoms with E-state index in [1.54, 1.807) is 44.4 Å². The highest BCUT2D eigenvalue weighted by Gasteiger charge is 2.30. The van der Waals surface area contributed by atoms with Crippen LogP contribution < -0.4 is 25.0 Å². The third-order valence-electron chi connectivity index (χ3n) is 5.32. The van der Waals surface area contributed by atoms with Gasteiger partial charge < -0.3 is 25.0 Å². The van der Waals surface area contributed by atoms with Crippen molar-refractivity contribution in [3.8, 4) is 11.5 Å². The fourth-order valence-corrected chi connectivity index (χ4v) is 3.85. The average Bonchev–Trinajstić information content (AvgIpc) is 2.95. The topological polar surface area (TPSA) is 75.2 Å². The zero-order chi connectivity index (χ0) is 23.4. The number of ether oxygens (including phenoxy) is 2.